The summed E-state index contributed by atoms with van der Waals surface area (Å²) in [5, 5.41) is 13.9. The summed E-state index contributed by atoms with van der Waals surface area (Å²) in [5.41, 5.74) is -2.57. The Kier molecular flexibility index (Phi) is 4.75. The van der Waals surface area contributed by atoms with Crippen molar-refractivity contribution in [3.8, 4) is 0 Å². The number of carbonyl (C=O) groups is 1. The van der Waals surface area contributed by atoms with E-state index in [1.54, 1.807) is 31.2 Å². The monoisotopic (exact) mass is 382 g/mol. The average molecular weight is 383 g/mol. The van der Waals surface area contributed by atoms with Gasteiger partial charge in [-0.15, -0.1) is 0 Å². The number of carbonyl (C=O) groups excluding carboxylic acids is 1. The predicted octanol–water partition coefficient (Wildman–Crippen LogP) is 3.87. The number of halogens is 3. The summed E-state index contributed by atoms with van der Waals surface area (Å²) < 4.78 is 15.6. The van der Waals surface area contributed by atoms with Crippen molar-refractivity contribution in [2.75, 3.05) is 0 Å². The van der Waals surface area contributed by atoms with Crippen molar-refractivity contribution < 1.29 is 14.3 Å². The molecule has 3 rings (SSSR count). The van der Waals surface area contributed by atoms with Gasteiger partial charge in [0.15, 0.2) is 0 Å². The van der Waals surface area contributed by atoms with E-state index in [2.05, 4.69) is 10.3 Å². The number of nitrogens with zero attached hydrogens (tertiary/aromatic N) is 1. The zero-order valence-corrected chi connectivity index (χ0v) is 15.0. The van der Waals surface area contributed by atoms with E-state index >= 15 is 4.39 Å². The van der Waals surface area contributed by atoms with Crippen LogP contribution in [0.1, 0.15) is 36.6 Å². The molecule has 1 aliphatic carbocycles. The first-order chi connectivity index (χ1) is 11.7. The number of aliphatic hydroxyl groups is 1. The second kappa shape index (κ2) is 6.56. The van der Waals surface area contributed by atoms with Gasteiger partial charge < -0.3 is 10.4 Å². The van der Waals surface area contributed by atoms with Crippen molar-refractivity contribution in [3.05, 3.63) is 63.4 Å². The maximum absolute atomic E-state index is 15.6. The number of hydrogen-bond acceptors (Lipinski definition) is 3. The highest BCUT2D eigenvalue weighted by Gasteiger charge is 2.50. The van der Waals surface area contributed by atoms with Gasteiger partial charge in [0, 0.05) is 28.4 Å². The summed E-state index contributed by atoms with van der Waals surface area (Å²) in [4.78, 5) is 16.7. The van der Waals surface area contributed by atoms with Gasteiger partial charge in [0.2, 0.25) is 5.67 Å². The first-order valence-corrected chi connectivity index (χ1v) is 8.59. The zero-order valence-electron chi connectivity index (χ0n) is 13.5. The molecule has 0 saturated heterocycles. The summed E-state index contributed by atoms with van der Waals surface area (Å²) in [5.74, 6) is -0.775. The van der Waals surface area contributed by atoms with Crippen molar-refractivity contribution in [3.63, 3.8) is 0 Å². The zero-order chi connectivity index (χ0) is 18.2. The quantitative estimate of drug-likeness (QED) is 0.846. The Morgan fingerprint density at radius 2 is 2.12 bits per heavy atom. The second-order valence-corrected chi connectivity index (χ2v) is 7.24. The van der Waals surface area contributed by atoms with Crippen LogP contribution in [0.3, 0.4) is 0 Å². The molecule has 132 valence electrons. The third kappa shape index (κ3) is 3.36. The van der Waals surface area contributed by atoms with Gasteiger partial charge in [-0.25, -0.2) is 4.39 Å². The lowest BCUT2D eigenvalue weighted by Gasteiger charge is -2.37. The maximum Gasteiger partial charge on any atom is 0.262 e. The third-order valence-corrected chi connectivity index (χ3v) is 5.10. The van der Waals surface area contributed by atoms with Crippen LogP contribution in [0.2, 0.25) is 10.0 Å². The number of fused-ring (bicyclic) bond motifs is 1. The van der Waals surface area contributed by atoms with Crippen LogP contribution in [0.5, 0.6) is 0 Å². The minimum absolute atomic E-state index is 0.0759. The lowest BCUT2D eigenvalue weighted by molar-refractivity contribution is -0.136. The summed E-state index contributed by atoms with van der Waals surface area (Å²) in [6.45, 7) is 1.65. The number of alkyl halides is 1. The van der Waals surface area contributed by atoms with Crippen LogP contribution >= 0.6 is 23.2 Å². The Balaban J connectivity index is 1.84. The molecule has 0 aliphatic heterocycles. The van der Waals surface area contributed by atoms with E-state index in [0.29, 0.717) is 15.6 Å². The number of hydrogen-bond donors (Lipinski definition) is 2. The van der Waals surface area contributed by atoms with E-state index in [4.69, 9.17) is 23.2 Å². The molecule has 0 saturated carbocycles. The first kappa shape index (κ1) is 18.1. The van der Waals surface area contributed by atoms with Crippen LogP contribution < -0.4 is 5.32 Å². The molecule has 7 heteroatoms. The van der Waals surface area contributed by atoms with Crippen molar-refractivity contribution in [2.45, 2.75) is 37.6 Å². The lowest BCUT2D eigenvalue weighted by Crippen LogP contribution is -2.47. The van der Waals surface area contributed by atoms with Crippen LogP contribution in [-0.4, -0.2) is 16.0 Å². The largest absolute Gasteiger partial charge is 0.384 e. The molecule has 0 spiro atoms. The van der Waals surface area contributed by atoms with Gasteiger partial charge in [0.25, 0.3) is 5.91 Å². The fourth-order valence-electron chi connectivity index (χ4n) is 3.04. The molecule has 0 fully saturated rings. The Hall–Kier alpha value is -1.69. The van der Waals surface area contributed by atoms with Gasteiger partial charge in [-0.3, -0.25) is 9.78 Å². The Bertz CT molecular complexity index is 828. The van der Waals surface area contributed by atoms with Crippen molar-refractivity contribution in [1.29, 1.82) is 0 Å². The maximum atomic E-state index is 15.6. The van der Waals surface area contributed by atoms with Crippen LogP contribution in [0, 0.1) is 0 Å². The Morgan fingerprint density at radius 1 is 1.36 bits per heavy atom. The normalized spacial score (nSPS) is 25.3. The smallest absolute Gasteiger partial charge is 0.262 e. The van der Waals surface area contributed by atoms with Crippen LogP contribution in [0.4, 0.5) is 4.39 Å². The highest BCUT2D eigenvalue weighted by Crippen LogP contribution is 2.45. The molecule has 2 unspecified atom stereocenters. The Labute approximate surface area is 155 Å². The highest BCUT2D eigenvalue weighted by molar-refractivity contribution is 6.35. The van der Waals surface area contributed by atoms with E-state index in [9.17, 15) is 9.90 Å². The highest BCUT2D eigenvalue weighted by atomic mass is 35.5. The van der Waals surface area contributed by atoms with Gasteiger partial charge >= 0.3 is 0 Å². The predicted molar refractivity (Wildman–Crippen MR) is 94.1 cm³/mol. The van der Waals surface area contributed by atoms with Gasteiger partial charge in [-0.2, -0.15) is 0 Å². The molecule has 4 nitrogen and oxygen atoms in total. The van der Waals surface area contributed by atoms with Crippen molar-refractivity contribution in [1.82, 2.24) is 10.3 Å². The van der Waals surface area contributed by atoms with Crippen molar-refractivity contribution >= 4 is 29.1 Å². The molecule has 0 bridgehead atoms. The molecule has 0 radical (unpaired) electrons. The molecule has 1 aromatic heterocycles. The van der Waals surface area contributed by atoms with Crippen LogP contribution in [-0.2, 0) is 22.6 Å². The minimum Gasteiger partial charge on any atom is -0.384 e. The second-order valence-electron chi connectivity index (χ2n) is 6.39. The van der Waals surface area contributed by atoms with E-state index in [-0.39, 0.29) is 30.6 Å². The molecule has 2 N–H and O–H groups in total. The molecule has 25 heavy (non-hydrogen) atoms. The number of aromatic nitrogens is 1. The van der Waals surface area contributed by atoms with E-state index in [1.165, 1.54) is 12.3 Å². The number of pyridine rings is 1. The summed E-state index contributed by atoms with van der Waals surface area (Å²) in [6, 6.07) is 7.93. The number of nitrogens with one attached hydrogen (secondary N) is 1. The number of rotatable bonds is 3. The van der Waals surface area contributed by atoms with Crippen LogP contribution in [0.15, 0.2) is 36.5 Å². The van der Waals surface area contributed by atoms with Crippen LogP contribution in [0.25, 0.3) is 0 Å². The molecule has 1 amide bonds. The molecule has 1 aliphatic rings. The average Bonchev–Trinajstić information content (AvgIpc) is 2.58. The molecule has 2 aromatic rings. The van der Waals surface area contributed by atoms with Gasteiger partial charge in [-0.1, -0.05) is 35.3 Å². The van der Waals surface area contributed by atoms with Crippen molar-refractivity contribution in [2.24, 2.45) is 0 Å². The molecule has 1 heterocycles. The third-order valence-electron chi connectivity index (χ3n) is 4.52. The topological polar surface area (TPSA) is 62.2 Å². The first-order valence-electron chi connectivity index (χ1n) is 7.83. The van der Waals surface area contributed by atoms with E-state index in [0.717, 1.165) is 0 Å². The lowest BCUT2D eigenvalue weighted by atomic mass is 9.75. The molecular formula is C18H17Cl2FN2O2. The fourth-order valence-corrected chi connectivity index (χ4v) is 3.51. The summed E-state index contributed by atoms with van der Waals surface area (Å²) >= 11 is 11.9. The molecule has 2 atom stereocenters. The van der Waals surface area contributed by atoms with Gasteiger partial charge in [0.1, 0.15) is 5.60 Å². The number of amides is 1. The molecule has 1 aromatic carbocycles. The number of benzene rings is 1. The van der Waals surface area contributed by atoms with Gasteiger partial charge in [-0.05, 0) is 43.5 Å². The summed E-state index contributed by atoms with van der Waals surface area (Å²) in [7, 11) is 0. The fraction of sp³-hybridized carbons (Fsp3) is 0.333. The van der Waals surface area contributed by atoms with Gasteiger partial charge in [0.05, 0.1) is 5.69 Å². The standard InChI is InChI=1S/C18H17Cl2FN2O2/c1-17(25)6-7-18(21,13-3-2-8-22-15(13)17)16(24)23-10-11-4-5-12(19)9-14(11)20/h2-5,8-9,25H,6-7,10H2,1H3,(H,23,24). The SMILES string of the molecule is CC1(O)CCC(F)(C(=O)NCc2ccc(Cl)cc2Cl)c2cccnc21. The molecular weight excluding hydrogens is 366 g/mol. The summed E-state index contributed by atoms with van der Waals surface area (Å²) in [6.07, 6.45) is 1.45. The Morgan fingerprint density at radius 3 is 2.84 bits per heavy atom. The van der Waals surface area contributed by atoms with E-state index in [1.807, 2.05) is 0 Å². The minimum atomic E-state index is -2.25. The van der Waals surface area contributed by atoms with E-state index < -0.39 is 17.2 Å².